The van der Waals surface area contributed by atoms with E-state index in [0.29, 0.717) is 0 Å². The number of hydrogen-bond acceptors (Lipinski definition) is 2. The first-order valence-corrected chi connectivity index (χ1v) is 10.3. The Bertz CT molecular complexity index is 980. The van der Waals surface area contributed by atoms with E-state index in [9.17, 15) is 4.79 Å². The van der Waals surface area contributed by atoms with E-state index in [1.165, 1.54) is 18.4 Å². The van der Waals surface area contributed by atoms with E-state index in [0.717, 1.165) is 55.6 Å². The van der Waals surface area contributed by atoms with Crippen molar-refractivity contribution in [2.24, 2.45) is 5.41 Å². The average Bonchev–Trinajstić information content (AvgIpc) is 3.35. The highest BCUT2D eigenvalue weighted by molar-refractivity contribution is 5.98. The number of nitrogens with one attached hydrogen (secondary N) is 1. The van der Waals surface area contributed by atoms with Gasteiger partial charge in [-0.2, -0.15) is 0 Å². The van der Waals surface area contributed by atoms with E-state index in [4.69, 9.17) is 0 Å². The smallest absolute Gasteiger partial charge is 0.253 e. The van der Waals surface area contributed by atoms with Gasteiger partial charge in [0.15, 0.2) is 0 Å². The van der Waals surface area contributed by atoms with Crippen LogP contribution in [0.15, 0.2) is 60.8 Å². The normalized spacial score (nSPS) is 22.9. The zero-order chi connectivity index (χ0) is 19.0. The van der Waals surface area contributed by atoms with Crippen molar-refractivity contribution < 1.29 is 4.79 Å². The number of carbonyl (C=O) groups is 1. The number of piperidine rings is 1. The molecule has 3 aromatic rings. The highest BCUT2D eigenvalue weighted by Gasteiger charge is 2.42. The van der Waals surface area contributed by atoms with E-state index < -0.39 is 0 Å². The Morgan fingerprint density at radius 3 is 2.79 bits per heavy atom. The SMILES string of the molecule is O=C(c1ccc2cc[nH]c2c1)N1CCC2(CCCN(Cc3ccccc3)C2)C1. The van der Waals surface area contributed by atoms with Crippen LogP contribution < -0.4 is 0 Å². The number of carbonyl (C=O) groups excluding carboxylic acids is 1. The predicted molar refractivity (Wildman–Crippen MR) is 112 cm³/mol. The van der Waals surface area contributed by atoms with Gasteiger partial charge in [-0.3, -0.25) is 9.69 Å². The van der Waals surface area contributed by atoms with Gasteiger partial charge in [-0.15, -0.1) is 0 Å². The molecule has 3 heterocycles. The molecule has 0 saturated carbocycles. The van der Waals surface area contributed by atoms with Crippen LogP contribution in [-0.2, 0) is 6.54 Å². The van der Waals surface area contributed by atoms with E-state index in [1.54, 1.807) is 0 Å². The lowest BCUT2D eigenvalue weighted by molar-refractivity contribution is 0.0675. The molecule has 2 aliphatic heterocycles. The zero-order valence-corrected chi connectivity index (χ0v) is 16.2. The first kappa shape index (κ1) is 17.5. The van der Waals surface area contributed by atoms with Gasteiger partial charge in [0.2, 0.25) is 0 Å². The van der Waals surface area contributed by atoms with Crippen molar-refractivity contribution >= 4 is 16.8 Å². The molecule has 2 aromatic carbocycles. The number of nitrogens with zero attached hydrogens (tertiary/aromatic N) is 2. The van der Waals surface area contributed by atoms with Crippen LogP contribution in [0.1, 0.15) is 35.2 Å². The van der Waals surface area contributed by atoms with Crippen LogP contribution in [0.3, 0.4) is 0 Å². The molecule has 1 atom stereocenters. The van der Waals surface area contributed by atoms with Crippen LogP contribution in [-0.4, -0.2) is 46.9 Å². The Balaban J connectivity index is 1.28. The summed E-state index contributed by atoms with van der Waals surface area (Å²) in [5, 5.41) is 1.15. The molecular weight excluding hydrogens is 346 g/mol. The summed E-state index contributed by atoms with van der Waals surface area (Å²) < 4.78 is 0. The largest absolute Gasteiger partial charge is 0.361 e. The van der Waals surface area contributed by atoms with E-state index in [-0.39, 0.29) is 11.3 Å². The fourth-order valence-electron chi connectivity index (χ4n) is 5.09. The van der Waals surface area contributed by atoms with Crippen molar-refractivity contribution in [1.29, 1.82) is 0 Å². The molecule has 2 aliphatic rings. The molecule has 1 spiro atoms. The third-order valence-corrected chi connectivity index (χ3v) is 6.52. The van der Waals surface area contributed by atoms with Crippen LogP contribution >= 0.6 is 0 Å². The minimum atomic E-state index is 0.175. The molecule has 1 N–H and O–H groups in total. The molecule has 4 heteroatoms. The van der Waals surface area contributed by atoms with Crippen molar-refractivity contribution in [2.45, 2.75) is 25.8 Å². The molecule has 5 rings (SSSR count). The standard InChI is InChI=1S/C24H27N3O/c28-23(21-8-7-20-9-12-25-22(20)15-21)27-14-11-24(18-27)10-4-13-26(17-24)16-19-5-2-1-3-6-19/h1-3,5-9,12,15,25H,4,10-11,13-14,16-18H2. The summed E-state index contributed by atoms with van der Waals surface area (Å²) in [5.74, 6) is 0.175. The number of aromatic nitrogens is 1. The van der Waals surface area contributed by atoms with Crippen LogP contribution in [0.2, 0.25) is 0 Å². The summed E-state index contributed by atoms with van der Waals surface area (Å²) in [5.41, 5.74) is 3.47. The topological polar surface area (TPSA) is 39.3 Å². The van der Waals surface area contributed by atoms with Gasteiger partial charge in [-0.05, 0) is 55.0 Å². The average molecular weight is 374 g/mol. The van der Waals surface area contributed by atoms with Crippen molar-refractivity contribution in [3.8, 4) is 0 Å². The van der Waals surface area contributed by atoms with Gasteiger partial charge in [-0.1, -0.05) is 36.4 Å². The summed E-state index contributed by atoms with van der Waals surface area (Å²) >= 11 is 0. The number of H-pyrrole nitrogens is 1. The van der Waals surface area contributed by atoms with Crippen molar-refractivity contribution in [1.82, 2.24) is 14.8 Å². The fraction of sp³-hybridized carbons (Fsp3) is 0.375. The first-order valence-electron chi connectivity index (χ1n) is 10.3. The monoisotopic (exact) mass is 373 g/mol. The Kier molecular flexibility index (Phi) is 4.44. The molecule has 1 unspecified atom stereocenters. The summed E-state index contributed by atoms with van der Waals surface area (Å²) in [4.78, 5) is 21.0. The van der Waals surface area contributed by atoms with Gasteiger partial charge in [0.25, 0.3) is 5.91 Å². The number of fused-ring (bicyclic) bond motifs is 1. The summed E-state index contributed by atoms with van der Waals surface area (Å²) in [7, 11) is 0. The predicted octanol–water partition coefficient (Wildman–Crippen LogP) is 4.30. The molecule has 2 saturated heterocycles. The second-order valence-electron chi connectivity index (χ2n) is 8.56. The number of likely N-dealkylation sites (tertiary alicyclic amines) is 2. The zero-order valence-electron chi connectivity index (χ0n) is 16.2. The molecular formula is C24H27N3O. The van der Waals surface area contributed by atoms with Crippen LogP contribution in [0.5, 0.6) is 0 Å². The number of aromatic amines is 1. The minimum absolute atomic E-state index is 0.175. The van der Waals surface area contributed by atoms with Gasteiger partial charge in [-0.25, -0.2) is 0 Å². The molecule has 28 heavy (non-hydrogen) atoms. The summed E-state index contributed by atoms with van der Waals surface area (Å²) in [6.45, 7) is 5.04. The lowest BCUT2D eigenvalue weighted by Crippen LogP contribution is -2.45. The molecule has 0 radical (unpaired) electrons. The molecule has 0 bridgehead atoms. The maximum Gasteiger partial charge on any atom is 0.253 e. The lowest BCUT2D eigenvalue weighted by Gasteiger charge is -2.40. The number of benzene rings is 2. The third kappa shape index (κ3) is 3.33. The minimum Gasteiger partial charge on any atom is -0.361 e. The summed E-state index contributed by atoms with van der Waals surface area (Å²) in [6, 6.07) is 18.8. The molecule has 0 aliphatic carbocycles. The number of amides is 1. The Morgan fingerprint density at radius 2 is 1.89 bits per heavy atom. The van der Waals surface area contributed by atoms with Crippen molar-refractivity contribution in [3.05, 3.63) is 71.9 Å². The molecule has 1 amide bonds. The van der Waals surface area contributed by atoms with Gasteiger partial charge in [0.05, 0.1) is 0 Å². The second-order valence-corrected chi connectivity index (χ2v) is 8.56. The number of hydrogen-bond donors (Lipinski definition) is 1. The van der Waals surface area contributed by atoms with Crippen LogP contribution in [0, 0.1) is 5.41 Å². The van der Waals surface area contributed by atoms with E-state index in [2.05, 4.69) is 45.1 Å². The third-order valence-electron chi connectivity index (χ3n) is 6.52. The fourth-order valence-corrected chi connectivity index (χ4v) is 5.09. The lowest BCUT2D eigenvalue weighted by atomic mass is 9.79. The van der Waals surface area contributed by atoms with Gasteiger partial charge < -0.3 is 9.88 Å². The van der Waals surface area contributed by atoms with Gasteiger partial charge >= 0.3 is 0 Å². The first-order chi connectivity index (χ1) is 13.7. The van der Waals surface area contributed by atoms with Crippen LogP contribution in [0.25, 0.3) is 10.9 Å². The maximum absolute atomic E-state index is 13.1. The Morgan fingerprint density at radius 1 is 1.00 bits per heavy atom. The number of rotatable bonds is 3. The van der Waals surface area contributed by atoms with Crippen molar-refractivity contribution in [3.63, 3.8) is 0 Å². The molecule has 1 aromatic heterocycles. The van der Waals surface area contributed by atoms with E-state index in [1.807, 2.05) is 30.5 Å². The molecule has 4 nitrogen and oxygen atoms in total. The summed E-state index contributed by atoms with van der Waals surface area (Å²) in [6.07, 6.45) is 5.50. The molecule has 144 valence electrons. The highest BCUT2D eigenvalue weighted by Crippen LogP contribution is 2.39. The Labute approximate surface area is 166 Å². The van der Waals surface area contributed by atoms with E-state index >= 15 is 0 Å². The van der Waals surface area contributed by atoms with Gasteiger partial charge in [0.1, 0.15) is 0 Å². The second kappa shape index (κ2) is 7.10. The van der Waals surface area contributed by atoms with Gasteiger partial charge in [0, 0.05) is 48.9 Å². The van der Waals surface area contributed by atoms with Crippen LogP contribution in [0.4, 0.5) is 0 Å². The Hall–Kier alpha value is -2.59. The van der Waals surface area contributed by atoms with Crippen molar-refractivity contribution in [2.75, 3.05) is 26.2 Å². The molecule has 2 fully saturated rings. The highest BCUT2D eigenvalue weighted by atomic mass is 16.2. The quantitative estimate of drug-likeness (QED) is 0.744. The maximum atomic E-state index is 13.1.